The van der Waals surface area contributed by atoms with Crippen LogP contribution in [0.4, 0.5) is 0 Å². The molecule has 3 heteroatoms. The SMILES string of the molecule is CCCCCCc1c2ccccc2c(COc2cccc(COCc3c4ccccc4c(CCl)c4ccccc34)c2)c2ccccc12. The van der Waals surface area contributed by atoms with Gasteiger partial charge in [-0.05, 0) is 90.3 Å². The fourth-order valence-electron chi connectivity index (χ4n) is 7.22. The average Bonchev–Trinajstić information content (AvgIpc) is 3.12. The van der Waals surface area contributed by atoms with Gasteiger partial charge in [0.1, 0.15) is 12.4 Å². The van der Waals surface area contributed by atoms with Gasteiger partial charge in [-0.3, -0.25) is 0 Å². The van der Waals surface area contributed by atoms with Gasteiger partial charge in [0.05, 0.1) is 13.2 Å². The van der Waals surface area contributed by atoms with E-state index in [1.54, 1.807) is 0 Å². The summed E-state index contributed by atoms with van der Waals surface area (Å²) in [7, 11) is 0. The molecule has 0 atom stereocenters. The van der Waals surface area contributed by atoms with E-state index in [9.17, 15) is 0 Å². The Morgan fingerprint density at radius 3 is 1.47 bits per heavy atom. The molecule has 2 nitrogen and oxygen atoms in total. The minimum atomic E-state index is 0.476. The molecule has 0 aromatic heterocycles. The molecule has 0 heterocycles. The van der Waals surface area contributed by atoms with Gasteiger partial charge in [0, 0.05) is 11.4 Å². The van der Waals surface area contributed by atoms with Crippen LogP contribution in [0, 0.1) is 0 Å². The zero-order chi connectivity index (χ0) is 32.0. The van der Waals surface area contributed by atoms with E-state index >= 15 is 0 Å². The summed E-state index contributed by atoms with van der Waals surface area (Å²) in [5.74, 6) is 1.33. The number of halogens is 1. The van der Waals surface area contributed by atoms with Crippen molar-refractivity contribution in [1.29, 1.82) is 0 Å². The first-order valence-electron chi connectivity index (χ1n) is 16.9. The summed E-state index contributed by atoms with van der Waals surface area (Å²) >= 11 is 6.45. The van der Waals surface area contributed by atoms with Gasteiger partial charge in [-0.15, -0.1) is 11.6 Å². The van der Waals surface area contributed by atoms with E-state index in [4.69, 9.17) is 21.1 Å². The first-order chi connectivity index (χ1) is 23.3. The zero-order valence-electron chi connectivity index (χ0n) is 27.1. The third-order valence-corrected chi connectivity index (χ3v) is 9.79. The van der Waals surface area contributed by atoms with Crippen LogP contribution in [0.3, 0.4) is 0 Å². The molecule has 0 amide bonds. The molecule has 0 saturated heterocycles. The molecule has 0 radical (unpaired) electrons. The van der Waals surface area contributed by atoms with Crippen LogP contribution >= 0.6 is 11.6 Å². The highest BCUT2D eigenvalue weighted by Gasteiger charge is 2.15. The van der Waals surface area contributed by atoms with Crippen LogP contribution in [0.5, 0.6) is 5.75 Å². The molecule has 0 aliphatic heterocycles. The highest BCUT2D eigenvalue weighted by Crippen LogP contribution is 2.36. The van der Waals surface area contributed by atoms with E-state index in [-0.39, 0.29) is 0 Å². The number of hydrogen-bond donors (Lipinski definition) is 0. The first kappa shape index (κ1) is 31.2. The molecule has 0 aliphatic rings. The fraction of sp³-hybridized carbons (Fsp3) is 0.227. The van der Waals surface area contributed by atoms with Crippen molar-refractivity contribution in [1.82, 2.24) is 0 Å². The molecule has 0 saturated carbocycles. The van der Waals surface area contributed by atoms with Gasteiger partial charge >= 0.3 is 0 Å². The minimum Gasteiger partial charge on any atom is -0.489 e. The molecule has 0 unspecified atom stereocenters. The van der Waals surface area contributed by atoms with Gasteiger partial charge in [0.25, 0.3) is 0 Å². The maximum absolute atomic E-state index is 6.54. The molecule has 7 aromatic rings. The molecule has 47 heavy (non-hydrogen) atoms. The zero-order valence-corrected chi connectivity index (χ0v) is 27.9. The van der Waals surface area contributed by atoms with Crippen LogP contribution in [-0.2, 0) is 36.9 Å². The summed E-state index contributed by atoms with van der Waals surface area (Å²) < 4.78 is 12.9. The van der Waals surface area contributed by atoms with Gasteiger partial charge in [-0.2, -0.15) is 0 Å². The lowest BCUT2D eigenvalue weighted by Gasteiger charge is -2.18. The smallest absolute Gasteiger partial charge is 0.120 e. The Labute approximate surface area is 282 Å². The standard InChI is InChI=1S/C44H41ClO2/c1-2-3-4-5-17-33-34-18-6-10-22-38(34)44(39-23-11-7-19-35(33)39)30-47-32-16-14-15-31(26-32)28-46-29-43-40-24-12-8-20-36(40)42(27-45)37-21-9-13-25-41(37)43/h6-16,18-26H,2-5,17,27-30H2,1H3. The lowest BCUT2D eigenvalue weighted by molar-refractivity contribution is 0.108. The Balaban J connectivity index is 1.11. The Bertz CT molecular complexity index is 2050. The lowest BCUT2D eigenvalue weighted by atomic mass is 9.89. The Hall–Kier alpha value is -4.37. The quantitative estimate of drug-likeness (QED) is 0.0712. The molecule has 0 spiro atoms. The summed E-state index contributed by atoms with van der Waals surface area (Å²) in [6.07, 6.45) is 6.14. The van der Waals surface area contributed by atoms with Crippen LogP contribution in [-0.4, -0.2) is 0 Å². The predicted octanol–water partition coefficient (Wildman–Crippen LogP) is 12.5. The number of alkyl halides is 1. The van der Waals surface area contributed by atoms with E-state index in [1.807, 2.05) is 6.07 Å². The number of rotatable bonds is 13. The summed E-state index contributed by atoms with van der Waals surface area (Å²) in [4.78, 5) is 0. The Morgan fingerprint density at radius 1 is 0.468 bits per heavy atom. The molecule has 0 N–H and O–H groups in total. The van der Waals surface area contributed by atoms with Crippen molar-refractivity contribution in [3.8, 4) is 5.75 Å². The fourth-order valence-corrected chi connectivity index (χ4v) is 7.51. The number of ether oxygens (including phenoxy) is 2. The van der Waals surface area contributed by atoms with Crippen molar-refractivity contribution >= 4 is 54.7 Å². The van der Waals surface area contributed by atoms with Gasteiger partial charge in [-0.25, -0.2) is 0 Å². The van der Waals surface area contributed by atoms with Crippen molar-refractivity contribution in [2.75, 3.05) is 0 Å². The second kappa shape index (κ2) is 14.6. The summed E-state index contributed by atoms with van der Waals surface area (Å²) in [6, 6.07) is 43.1. The summed E-state index contributed by atoms with van der Waals surface area (Å²) in [6.45, 7) is 3.79. The molecule has 0 aliphatic carbocycles. The molecule has 0 fully saturated rings. The summed E-state index contributed by atoms with van der Waals surface area (Å²) in [5.41, 5.74) is 6.17. The third kappa shape index (κ3) is 6.46. The average molecular weight is 637 g/mol. The summed E-state index contributed by atoms with van der Waals surface area (Å²) in [5, 5.41) is 10.1. The molecule has 0 bridgehead atoms. The monoisotopic (exact) mass is 636 g/mol. The lowest BCUT2D eigenvalue weighted by Crippen LogP contribution is -2.02. The van der Waals surface area contributed by atoms with Crippen LogP contribution in [0.25, 0.3) is 43.1 Å². The predicted molar refractivity (Wildman–Crippen MR) is 200 cm³/mol. The Kier molecular flexibility index (Phi) is 9.70. The number of hydrogen-bond acceptors (Lipinski definition) is 2. The van der Waals surface area contributed by atoms with E-state index in [1.165, 1.54) is 91.0 Å². The second-order valence-corrected chi connectivity index (χ2v) is 12.7. The second-order valence-electron chi connectivity index (χ2n) is 12.5. The number of benzene rings is 7. The number of fused-ring (bicyclic) bond motifs is 4. The maximum atomic E-state index is 6.54. The van der Waals surface area contributed by atoms with E-state index < -0.39 is 0 Å². The molecule has 7 rings (SSSR count). The van der Waals surface area contributed by atoms with Crippen LogP contribution < -0.4 is 4.74 Å². The van der Waals surface area contributed by atoms with Gasteiger partial charge in [0.15, 0.2) is 0 Å². The molecule has 7 aromatic carbocycles. The van der Waals surface area contributed by atoms with E-state index in [0.717, 1.165) is 17.7 Å². The van der Waals surface area contributed by atoms with Gasteiger partial charge in [-0.1, -0.05) is 135 Å². The number of aryl methyl sites for hydroxylation is 1. The maximum Gasteiger partial charge on any atom is 0.120 e. The van der Waals surface area contributed by atoms with Crippen molar-refractivity contribution in [3.05, 3.63) is 149 Å². The van der Waals surface area contributed by atoms with Crippen LogP contribution in [0.1, 0.15) is 60.4 Å². The topological polar surface area (TPSA) is 18.5 Å². The van der Waals surface area contributed by atoms with Crippen LogP contribution in [0.15, 0.2) is 121 Å². The van der Waals surface area contributed by atoms with E-state index in [0.29, 0.717) is 25.7 Å². The van der Waals surface area contributed by atoms with Gasteiger partial charge < -0.3 is 9.47 Å². The molecular weight excluding hydrogens is 596 g/mol. The van der Waals surface area contributed by atoms with Crippen molar-refractivity contribution in [2.24, 2.45) is 0 Å². The minimum absolute atomic E-state index is 0.476. The largest absolute Gasteiger partial charge is 0.489 e. The van der Waals surface area contributed by atoms with Crippen molar-refractivity contribution in [3.63, 3.8) is 0 Å². The van der Waals surface area contributed by atoms with Crippen molar-refractivity contribution in [2.45, 2.75) is 64.7 Å². The first-order valence-corrected chi connectivity index (χ1v) is 17.5. The third-order valence-electron chi connectivity index (χ3n) is 9.52. The number of unbranched alkanes of at least 4 members (excludes halogenated alkanes) is 3. The highest BCUT2D eigenvalue weighted by molar-refractivity contribution is 6.20. The highest BCUT2D eigenvalue weighted by atomic mass is 35.5. The van der Waals surface area contributed by atoms with Crippen molar-refractivity contribution < 1.29 is 9.47 Å². The van der Waals surface area contributed by atoms with Gasteiger partial charge in [0.2, 0.25) is 0 Å². The normalized spacial score (nSPS) is 11.6. The molecule has 236 valence electrons. The van der Waals surface area contributed by atoms with E-state index in [2.05, 4.69) is 122 Å². The van der Waals surface area contributed by atoms with Crippen LogP contribution in [0.2, 0.25) is 0 Å². The Morgan fingerprint density at radius 2 is 0.957 bits per heavy atom. The molecular formula is C44H41ClO2.